The third-order valence-corrected chi connectivity index (χ3v) is 13.8. The van der Waals surface area contributed by atoms with E-state index in [1.54, 1.807) is 12.2 Å². The minimum atomic E-state index is -1.89. The fraction of sp³-hybridized carbons (Fsp3) is 0.913. The van der Waals surface area contributed by atoms with Crippen LogP contribution in [0.15, 0.2) is 25.3 Å². The van der Waals surface area contributed by atoms with E-state index in [4.69, 9.17) is 56.8 Å². The maximum Gasteiger partial charge on any atom is 0.187 e. The minimum absolute atomic E-state index is 0. The predicted molar refractivity (Wildman–Crippen MR) is 249 cm³/mol. The van der Waals surface area contributed by atoms with E-state index >= 15 is 0 Å². The quantitative estimate of drug-likeness (QED) is 0.0315. The van der Waals surface area contributed by atoms with Gasteiger partial charge in [-0.05, 0) is 25.7 Å². The number of unbranched alkanes of at least 4 members (excludes halogenated alkanes) is 2. The molecule has 88 heavy (non-hydrogen) atoms. The molecule has 42 heteroatoms. The van der Waals surface area contributed by atoms with E-state index in [-0.39, 0.29) is 454 Å². The summed E-state index contributed by atoms with van der Waals surface area (Å²) in [4.78, 5) is 0. The first-order chi connectivity index (χ1) is 37.2. The molecule has 0 amide bonds. The second kappa shape index (κ2) is 58.6. The van der Waals surface area contributed by atoms with E-state index in [1.165, 1.54) is 0 Å². The van der Waals surface area contributed by atoms with Crippen LogP contribution in [-0.4, -0.2) is 339 Å². The molecule has 12 unspecified atom stereocenters. The van der Waals surface area contributed by atoms with Gasteiger partial charge in [-0.3, -0.25) is 0 Å². The molecular weight excluding hydrogens is 3330 g/mol. The Balaban J connectivity index is -0.000000343. The number of allylic oxidation sites excluding steroid dienone is 2. The van der Waals surface area contributed by atoms with Crippen LogP contribution in [0.3, 0.4) is 0 Å². The molecule has 0 aromatic carbocycles. The van der Waals surface area contributed by atoms with Crippen molar-refractivity contribution < 1.29 is 600 Å². The molecule has 6 aliphatic rings. The van der Waals surface area contributed by atoms with Gasteiger partial charge in [0.05, 0.1) is 52.9 Å². The average Bonchev–Trinajstić information content (AvgIpc) is 3.45. The van der Waals surface area contributed by atoms with Crippen molar-refractivity contribution in [3.63, 3.8) is 0 Å². The Morgan fingerprint density at radius 2 is 0.455 bits per heavy atom. The third-order valence-electron chi connectivity index (χ3n) is 13.8. The summed E-state index contributed by atoms with van der Waals surface area (Å²) in [6, 6.07) is 0. The summed E-state index contributed by atoms with van der Waals surface area (Å²) in [6.45, 7) is 3.09. The second-order valence-corrected chi connectivity index (χ2v) is 19.2. The zero-order valence-electron chi connectivity index (χ0n) is 48.0. The molecule has 0 saturated carbocycles. The molecule has 0 spiro atoms. The Kier molecular flexibility index (Phi) is 74.2. The maximum atomic E-state index is 10.8. The molecule has 486 valence electrons. The van der Waals surface area contributed by atoms with Crippen molar-refractivity contribution >= 4 is 0 Å². The van der Waals surface area contributed by atoms with E-state index in [0.717, 1.165) is 0 Å². The number of hydrogen-bond donors (Lipinski definition) is 20. The zero-order chi connectivity index (χ0) is 57.7. The molecule has 0 aromatic rings. The van der Waals surface area contributed by atoms with Crippen LogP contribution in [0.2, 0.25) is 0 Å². The van der Waals surface area contributed by atoms with Gasteiger partial charge in [0, 0.05) is 441 Å². The zero-order valence-corrected chi connectivity index (χ0v) is 95.4. The Labute approximate surface area is 867 Å². The van der Waals surface area contributed by atoms with E-state index in [0.29, 0.717) is 25.7 Å². The molecule has 6 fully saturated rings. The van der Waals surface area contributed by atoms with Crippen molar-refractivity contribution in [2.45, 2.75) is 210 Å². The van der Waals surface area contributed by atoms with Gasteiger partial charge in [0.2, 0.25) is 0 Å². The molecule has 6 heterocycles. The Bertz CT molecular complexity index is 1640. The van der Waals surface area contributed by atoms with Gasteiger partial charge in [-0.2, -0.15) is 0 Å². The summed E-state index contributed by atoms with van der Waals surface area (Å²) in [5.41, 5.74) is 0. The number of hydrogen-bond acceptors (Lipinski definition) is 32. The predicted octanol–water partition coefficient (Wildman–Crippen LogP) is -11.2. The molecule has 6 rings (SSSR count). The van der Waals surface area contributed by atoms with E-state index in [1.807, 2.05) is 0 Å². The normalized spacial score (nSPS) is 41.8. The molecule has 6 saturated heterocycles. The minimum Gasteiger partial charge on any atom is -0.394 e. The van der Waals surface area contributed by atoms with Gasteiger partial charge < -0.3 is 159 Å². The van der Waals surface area contributed by atoms with Gasteiger partial charge in [0.1, 0.15) is 146 Å². The fourth-order valence-electron chi connectivity index (χ4n) is 9.22. The summed E-state index contributed by atoms with van der Waals surface area (Å²) in [5.74, 6) is 0. The Hall–Kier alpha value is 12.6. The van der Waals surface area contributed by atoms with Crippen LogP contribution in [0.5, 0.6) is 0 Å². The SMILES string of the molecule is C=CCCCO[C@@H]1OC(CO)[C@@H](O[C@@H]2OC(CO)[C@H](O[C@H]3OC(CO)[C@H](O)[C@H](O)C3O)[C@H](O)C2O)[C@H](O)C1O.C=CCCCO[C@@H]1OC(CO)[C@@H](O[C@@H]2OC(CO)[C@H](O[C@H]3OC(CO)[C@H](O)[C@H](O)C3O)[C@H](O)C2O)[C@H](O)C1O.[Ac].[Ac].[Ac].[Ac].[Ac].[Ac].[Ac].[Ac].[Ac].[Ac]. The van der Waals surface area contributed by atoms with Gasteiger partial charge in [-0.25, -0.2) is 0 Å². The number of rotatable bonds is 24. The largest absolute Gasteiger partial charge is 0.394 e. The van der Waals surface area contributed by atoms with Gasteiger partial charge in [0.15, 0.2) is 37.7 Å². The Morgan fingerprint density at radius 1 is 0.261 bits per heavy atom. The van der Waals surface area contributed by atoms with Crippen molar-refractivity contribution in [2.24, 2.45) is 0 Å². The molecule has 0 aliphatic carbocycles. The molecular formula is C46H80Ac10O32. The average molecular weight is 3420 g/mol. The molecule has 6 aliphatic heterocycles. The summed E-state index contributed by atoms with van der Waals surface area (Å²) in [5, 5.41) is 203. The topological polar surface area (TPSA) is 515 Å². The van der Waals surface area contributed by atoms with Crippen LogP contribution in [0.1, 0.15) is 25.7 Å². The molecule has 32 nitrogen and oxygen atoms in total. The van der Waals surface area contributed by atoms with Crippen LogP contribution in [0.4, 0.5) is 0 Å². The van der Waals surface area contributed by atoms with Gasteiger partial charge in [-0.15, -0.1) is 13.2 Å². The summed E-state index contributed by atoms with van der Waals surface area (Å²) < 4.78 is 65.7. The second-order valence-electron chi connectivity index (χ2n) is 19.2. The molecule has 0 aromatic heterocycles. The van der Waals surface area contributed by atoms with Gasteiger partial charge in [0.25, 0.3) is 0 Å². The van der Waals surface area contributed by atoms with Crippen LogP contribution in [-0.2, 0) is 56.8 Å². The standard InChI is InChI=1S/2C23H40O16.10Ac/c2*1-2-3-4-5-34-21-17(32)14(29)19(10(7-25)36-21)39-23-18(33)15(30)20(11(8-26)37-23)38-22-16(31)13(28)12(27)9(6-24)35-22;;;;;;;;;;/h2*2,9-33H,1,3-8H2;;;;;;;;;;/t2*9?,10?,11?,12-,13-,14+,15+,16?,17?,18?,19+,20-,21+,22+,23-;;;;;;;;;;/m00........../s1. The van der Waals surface area contributed by atoms with Crippen molar-refractivity contribution in [1.29, 1.82) is 0 Å². The van der Waals surface area contributed by atoms with Crippen LogP contribution >= 0.6 is 0 Å². The monoisotopic (exact) mass is 3410 g/mol. The van der Waals surface area contributed by atoms with E-state index in [2.05, 4.69) is 13.2 Å². The molecule has 0 bridgehead atoms. The number of aliphatic hydroxyl groups excluding tert-OH is 20. The molecule has 20 N–H and O–H groups in total. The van der Waals surface area contributed by atoms with E-state index in [9.17, 15) is 102 Å². The van der Waals surface area contributed by atoms with E-state index < -0.39 is 224 Å². The summed E-state index contributed by atoms with van der Waals surface area (Å²) in [7, 11) is 0. The van der Waals surface area contributed by atoms with Crippen LogP contribution < -0.4 is 0 Å². The number of ether oxygens (including phenoxy) is 12. The van der Waals surface area contributed by atoms with Crippen LogP contribution in [0, 0.1) is 441 Å². The van der Waals surface area contributed by atoms with Crippen molar-refractivity contribution in [1.82, 2.24) is 0 Å². The maximum absolute atomic E-state index is 10.8. The summed E-state index contributed by atoms with van der Waals surface area (Å²) >= 11 is 0. The first-order valence-corrected chi connectivity index (χ1v) is 25.4. The molecule has 10 radical (unpaired) electrons. The van der Waals surface area contributed by atoms with Crippen molar-refractivity contribution in [3.05, 3.63) is 25.3 Å². The summed E-state index contributed by atoms with van der Waals surface area (Å²) in [6.07, 6.45) is -42.2. The Morgan fingerprint density at radius 3 is 0.670 bits per heavy atom. The van der Waals surface area contributed by atoms with Crippen molar-refractivity contribution in [2.75, 3.05) is 52.9 Å². The first kappa shape index (κ1) is 112. The fourth-order valence-corrected chi connectivity index (χ4v) is 9.22. The van der Waals surface area contributed by atoms with Gasteiger partial charge in [-0.1, -0.05) is 12.2 Å². The first-order valence-electron chi connectivity index (χ1n) is 25.4. The van der Waals surface area contributed by atoms with Crippen molar-refractivity contribution in [3.8, 4) is 0 Å². The molecule has 30 atom stereocenters. The smallest absolute Gasteiger partial charge is 0.187 e. The van der Waals surface area contributed by atoms with Crippen LogP contribution in [0.25, 0.3) is 0 Å². The van der Waals surface area contributed by atoms with Gasteiger partial charge >= 0.3 is 0 Å². The third kappa shape index (κ3) is 31.5. The number of aliphatic hydroxyl groups is 20.